The maximum atomic E-state index is 11.9. The molecule has 6 nitrogen and oxygen atoms in total. The second-order valence-electron chi connectivity index (χ2n) is 8.08. The van der Waals surface area contributed by atoms with E-state index < -0.39 is 6.61 Å². The van der Waals surface area contributed by atoms with Gasteiger partial charge in [-0.15, -0.1) is 0 Å². The van der Waals surface area contributed by atoms with Crippen LogP contribution in [0.4, 0.5) is 0 Å². The Hall–Kier alpha value is -2.48. The average molecular weight is 424 g/mol. The fourth-order valence-electron chi connectivity index (χ4n) is 4.45. The summed E-state index contributed by atoms with van der Waals surface area (Å²) in [4.78, 5) is 18.3. The monoisotopic (exact) mass is 423 g/mol. The molecule has 3 unspecified atom stereocenters. The van der Waals surface area contributed by atoms with Gasteiger partial charge in [-0.3, -0.25) is 4.79 Å². The quantitative estimate of drug-likeness (QED) is 0.545. The molecule has 3 aromatic rings. The minimum Gasteiger partial charge on any atom is -0.431 e. The van der Waals surface area contributed by atoms with Crippen LogP contribution in [0.15, 0.2) is 48.5 Å². The summed E-state index contributed by atoms with van der Waals surface area (Å²) in [6.45, 7) is 2.04. The Labute approximate surface area is 179 Å². The molecule has 0 bridgehead atoms. The number of fused-ring (bicyclic) bond motifs is 2. The second kappa shape index (κ2) is 8.34. The Morgan fingerprint density at radius 2 is 2.17 bits per heavy atom. The van der Waals surface area contributed by atoms with E-state index in [9.17, 15) is 9.90 Å². The van der Waals surface area contributed by atoms with Crippen molar-refractivity contribution in [2.75, 3.05) is 26.2 Å². The van der Waals surface area contributed by atoms with E-state index >= 15 is 0 Å². The number of likely N-dealkylation sites (tertiary alicyclic amines) is 1. The standard InChI is InChI=1S/C23H25N3O3S/c27-14-22(28)26-13-16-11-18(16)20(26)12-24-9-8-15-4-3-5-17(10-15)29-23-25-19-6-1-2-7-21(19)30-23/h1-7,10,16,18,20,24,27H,8-9,11-14H2. The molecular formula is C23H25N3O3S. The Balaban J connectivity index is 1.14. The molecule has 2 aromatic carbocycles. The van der Waals surface area contributed by atoms with Gasteiger partial charge in [-0.1, -0.05) is 35.6 Å². The number of aliphatic hydroxyl groups excluding tert-OH is 1. The summed E-state index contributed by atoms with van der Waals surface area (Å²) in [6, 6.07) is 16.4. The third-order valence-corrected chi connectivity index (χ3v) is 6.99. The molecule has 2 aliphatic rings. The molecule has 3 atom stereocenters. The molecule has 1 aliphatic heterocycles. The fraction of sp³-hybridized carbons (Fsp3) is 0.391. The van der Waals surface area contributed by atoms with E-state index in [-0.39, 0.29) is 11.9 Å². The van der Waals surface area contributed by atoms with Gasteiger partial charge >= 0.3 is 0 Å². The summed E-state index contributed by atoms with van der Waals surface area (Å²) in [5.74, 6) is 1.90. The number of nitrogens with zero attached hydrogens (tertiary/aromatic N) is 2. The maximum absolute atomic E-state index is 11.9. The number of aromatic nitrogens is 1. The molecule has 7 heteroatoms. The normalized spacial score (nSPS) is 22.3. The number of hydrogen-bond acceptors (Lipinski definition) is 6. The highest BCUT2D eigenvalue weighted by Crippen LogP contribution is 2.49. The van der Waals surface area contributed by atoms with E-state index in [4.69, 9.17) is 4.74 Å². The summed E-state index contributed by atoms with van der Waals surface area (Å²) < 4.78 is 7.10. The van der Waals surface area contributed by atoms with Crippen LogP contribution in [0.3, 0.4) is 0 Å². The number of rotatable bonds is 8. The number of ether oxygens (including phenoxy) is 1. The number of thiazole rings is 1. The van der Waals surface area contributed by atoms with E-state index in [0.717, 1.165) is 42.0 Å². The lowest BCUT2D eigenvalue weighted by molar-refractivity contribution is -0.135. The molecule has 1 saturated carbocycles. The minimum atomic E-state index is -0.391. The van der Waals surface area contributed by atoms with Gasteiger partial charge in [0.2, 0.25) is 5.91 Å². The molecule has 2 N–H and O–H groups in total. The highest BCUT2D eigenvalue weighted by Gasteiger charge is 2.53. The number of carbonyl (C=O) groups excluding carboxylic acids is 1. The molecule has 1 saturated heterocycles. The second-order valence-corrected chi connectivity index (χ2v) is 9.08. The number of carbonyl (C=O) groups is 1. The van der Waals surface area contributed by atoms with Gasteiger partial charge in [0.25, 0.3) is 5.19 Å². The lowest BCUT2D eigenvalue weighted by Crippen LogP contribution is -2.45. The summed E-state index contributed by atoms with van der Waals surface area (Å²) in [6.07, 6.45) is 2.10. The molecule has 30 heavy (non-hydrogen) atoms. The van der Waals surface area contributed by atoms with Gasteiger partial charge in [0, 0.05) is 19.1 Å². The van der Waals surface area contributed by atoms with Crippen molar-refractivity contribution < 1.29 is 14.6 Å². The van der Waals surface area contributed by atoms with Crippen LogP contribution in [0.5, 0.6) is 10.9 Å². The predicted octanol–water partition coefficient (Wildman–Crippen LogP) is 3.06. The van der Waals surface area contributed by atoms with Crippen LogP contribution in [0.2, 0.25) is 0 Å². The smallest absolute Gasteiger partial charge is 0.279 e. The van der Waals surface area contributed by atoms with E-state index in [1.807, 2.05) is 41.3 Å². The molecule has 0 radical (unpaired) electrons. The first-order chi connectivity index (χ1) is 14.7. The van der Waals surface area contributed by atoms with Crippen LogP contribution in [0, 0.1) is 11.8 Å². The van der Waals surface area contributed by atoms with Gasteiger partial charge in [0.05, 0.1) is 10.2 Å². The van der Waals surface area contributed by atoms with Crippen LogP contribution in [-0.2, 0) is 11.2 Å². The summed E-state index contributed by atoms with van der Waals surface area (Å²) in [5.41, 5.74) is 2.15. The van der Waals surface area contributed by atoms with Gasteiger partial charge in [-0.25, -0.2) is 4.98 Å². The minimum absolute atomic E-state index is 0.145. The molecule has 1 amide bonds. The predicted molar refractivity (Wildman–Crippen MR) is 117 cm³/mol. The lowest BCUT2D eigenvalue weighted by Gasteiger charge is -2.27. The molecule has 0 spiro atoms. The van der Waals surface area contributed by atoms with Crippen molar-refractivity contribution in [2.24, 2.45) is 11.8 Å². The molecule has 2 heterocycles. The van der Waals surface area contributed by atoms with Gasteiger partial charge < -0.3 is 20.1 Å². The highest BCUT2D eigenvalue weighted by atomic mass is 32.1. The number of para-hydroxylation sites is 1. The number of hydrogen-bond donors (Lipinski definition) is 2. The van der Waals surface area contributed by atoms with E-state index in [2.05, 4.69) is 22.4 Å². The summed E-state index contributed by atoms with van der Waals surface area (Å²) in [5, 5.41) is 13.3. The van der Waals surface area contributed by atoms with E-state index in [0.29, 0.717) is 17.0 Å². The SMILES string of the molecule is O=C(CO)N1CC2CC2C1CNCCc1cccc(Oc2nc3ccccc3s2)c1. The molecule has 2 fully saturated rings. The van der Waals surface area contributed by atoms with Crippen molar-refractivity contribution in [3.05, 3.63) is 54.1 Å². The molecule has 1 aliphatic carbocycles. The first kappa shape index (κ1) is 19.5. The molecule has 1 aromatic heterocycles. The Morgan fingerprint density at radius 1 is 1.27 bits per heavy atom. The Morgan fingerprint density at radius 3 is 3.03 bits per heavy atom. The van der Waals surface area contributed by atoms with Crippen molar-refractivity contribution in [1.29, 1.82) is 0 Å². The molecule has 5 rings (SSSR count). The fourth-order valence-corrected chi connectivity index (χ4v) is 5.29. The van der Waals surface area contributed by atoms with Crippen LogP contribution < -0.4 is 10.1 Å². The zero-order valence-electron chi connectivity index (χ0n) is 16.7. The van der Waals surface area contributed by atoms with Gasteiger partial charge in [0.1, 0.15) is 12.4 Å². The van der Waals surface area contributed by atoms with Gasteiger partial charge in [0.15, 0.2) is 0 Å². The third kappa shape index (κ3) is 4.05. The van der Waals surface area contributed by atoms with E-state index in [1.54, 1.807) is 11.3 Å². The first-order valence-corrected chi connectivity index (χ1v) is 11.3. The summed E-state index contributed by atoms with van der Waals surface area (Å²) in [7, 11) is 0. The number of piperidine rings is 1. The van der Waals surface area contributed by atoms with Gasteiger partial charge in [-0.05, 0) is 61.1 Å². The maximum Gasteiger partial charge on any atom is 0.279 e. The zero-order valence-corrected chi connectivity index (χ0v) is 17.5. The van der Waals surface area contributed by atoms with Crippen molar-refractivity contribution in [1.82, 2.24) is 15.2 Å². The molecule has 156 valence electrons. The number of nitrogens with one attached hydrogen (secondary N) is 1. The number of aliphatic hydroxyl groups is 1. The average Bonchev–Trinajstić information content (AvgIpc) is 3.26. The molecular weight excluding hydrogens is 398 g/mol. The van der Waals surface area contributed by atoms with Crippen LogP contribution in [-0.4, -0.2) is 53.2 Å². The van der Waals surface area contributed by atoms with Crippen molar-refractivity contribution >= 4 is 27.5 Å². The highest BCUT2D eigenvalue weighted by molar-refractivity contribution is 7.20. The van der Waals surface area contributed by atoms with Crippen molar-refractivity contribution in [3.63, 3.8) is 0 Å². The van der Waals surface area contributed by atoms with Crippen LogP contribution >= 0.6 is 11.3 Å². The lowest BCUT2D eigenvalue weighted by atomic mass is 10.1. The van der Waals surface area contributed by atoms with Crippen molar-refractivity contribution in [3.8, 4) is 10.9 Å². The largest absolute Gasteiger partial charge is 0.431 e. The van der Waals surface area contributed by atoms with Crippen LogP contribution in [0.25, 0.3) is 10.2 Å². The van der Waals surface area contributed by atoms with E-state index in [1.165, 1.54) is 12.0 Å². The summed E-state index contributed by atoms with van der Waals surface area (Å²) >= 11 is 1.55. The Bertz CT molecular complexity index is 1020. The number of benzene rings is 2. The van der Waals surface area contributed by atoms with Crippen molar-refractivity contribution in [2.45, 2.75) is 18.9 Å². The number of amides is 1. The van der Waals surface area contributed by atoms with Gasteiger partial charge in [-0.2, -0.15) is 0 Å². The Kier molecular flexibility index (Phi) is 5.41. The van der Waals surface area contributed by atoms with Crippen LogP contribution in [0.1, 0.15) is 12.0 Å². The topological polar surface area (TPSA) is 74.7 Å². The third-order valence-electron chi connectivity index (χ3n) is 6.08. The first-order valence-electron chi connectivity index (χ1n) is 10.4. The zero-order chi connectivity index (χ0) is 20.5.